The minimum Gasteiger partial charge on any atom is -0.377 e. The maximum absolute atomic E-state index is 13.0. The molecule has 0 aliphatic carbocycles. The molecule has 4 heterocycles. The van der Waals surface area contributed by atoms with Crippen LogP contribution in [0.5, 0.6) is 0 Å². The highest BCUT2D eigenvalue weighted by Gasteiger charge is 2.39. The third kappa shape index (κ3) is 4.44. The van der Waals surface area contributed by atoms with Crippen molar-refractivity contribution in [3.63, 3.8) is 0 Å². The second kappa shape index (κ2) is 9.29. The zero-order valence-electron chi connectivity index (χ0n) is 18.5. The summed E-state index contributed by atoms with van der Waals surface area (Å²) in [4.78, 5) is 40.9. The number of nitrogens with zero attached hydrogens (tertiary/aromatic N) is 2. The zero-order valence-corrected chi connectivity index (χ0v) is 18.5. The van der Waals surface area contributed by atoms with Crippen LogP contribution in [0, 0.1) is 0 Å². The van der Waals surface area contributed by atoms with Crippen molar-refractivity contribution in [1.29, 1.82) is 0 Å². The summed E-state index contributed by atoms with van der Waals surface area (Å²) in [6.07, 6.45) is 5.62. The Balaban J connectivity index is 1.18. The zero-order chi connectivity index (χ0) is 22.1. The van der Waals surface area contributed by atoms with Gasteiger partial charge in [0.15, 0.2) is 0 Å². The van der Waals surface area contributed by atoms with Crippen LogP contribution in [0.25, 0.3) is 0 Å². The standard InChI is InChI=1S/C24H32N4O4/c29-22-7-6-21(23(30)26-22)28-15-20-16(3-1-5-19(20)24(28)31)14-27-10-8-17(9-11-27)25-13-18-4-2-12-32-18/h1,3,5,17-18,21,25H,2,4,6-15H2,(H,26,29,30). The quantitative estimate of drug-likeness (QED) is 0.646. The summed E-state index contributed by atoms with van der Waals surface area (Å²) in [5.41, 5.74) is 2.89. The van der Waals surface area contributed by atoms with E-state index in [-0.39, 0.29) is 24.1 Å². The maximum Gasteiger partial charge on any atom is 0.255 e. The van der Waals surface area contributed by atoms with Gasteiger partial charge in [0.25, 0.3) is 5.91 Å². The predicted molar refractivity (Wildman–Crippen MR) is 118 cm³/mol. The number of fused-ring (bicyclic) bond motifs is 1. The van der Waals surface area contributed by atoms with Crippen molar-refractivity contribution in [3.8, 4) is 0 Å². The Morgan fingerprint density at radius 3 is 2.69 bits per heavy atom. The van der Waals surface area contributed by atoms with E-state index in [1.54, 1.807) is 4.90 Å². The number of likely N-dealkylation sites (tertiary alicyclic amines) is 1. The highest BCUT2D eigenvalue weighted by Crippen LogP contribution is 2.31. The molecule has 2 unspecified atom stereocenters. The van der Waals surface area contributed by atoms with Crippen LogP contribution in [-0.4, -0.2) is 72.0 Å². The first-order chi connectivity index (χ1) is 15.6. The number of nitrogens with one attached hydrogen (secondary N) is 2. The molecule has 1 aromatic carbocycles. The smallest absolute Gasteiger partial charge is 0.255 e. The molecule has 0 saturated carbocycles. The molecular formula is C24H32N4O4. The number of rotatable bonds is 6. The van der Waals surface area contributed by atoms with Crippen LogP contribution in [-0.2, 0) is 27.4 Å². The van der Waals surface area contributed by atoms with Crippen molar-refractivity contribution in [3.05, 3.63) is 34.9 Å². The second-order valence-corrected chi connectivity index (χ2v) is 9.44. The lowest BCUT2D eigenvalue weighted by Crippen LogP contribution is -2.52. The number of ether oxygens (including phenoxy) is 1. The summed E-state index contributed by atoms with van der Waals surface area (Å²) in [5.74, 6) is -0.723. The molecular weight excluding hydrogens is 408 g/mol. The molecule has 1 aromatic rings. The van der Waals surface area contributed by atoms with E-state index >= 15 is 0 Å². The molecule has 3 saturated heterocycles. The Kier molecular flexibility index (Phi) is 6.26. The molecule has 3 fully saturated rings. The Morgan fingerprint density at radius 1 is 1.09 bits per heavy atom. The van der Waals surface area contributed by atoms with Crippen LogP contribution in [0.3, 0.4) is 0 Å². The van der Waals surface area contributed by atoms with E-state index in [2.05, 4.69) is 21.6 Å². The normalized spacial score (nSPS) is 27.1. The Labute approximate surface area is 188 Å². The van der Waals surface area contributed by atoms with Crippen molar-refractivity contribution in [2.45, 2.75) is 69.8 Å². The molecule has 4 aliphatic rings. The fourth-order valence-electron chi connectivity index (χ4n) is 5.44. The van der Waals surface area contributed by atoms with Gasteiger partial charge in [-0.15, -0.1) is 0 Å². The first-order valence-electron chi connectivity index (χ1n) is 11.9. The average molecular weight is 441 g/mol. The molecule has 8 nitrogen and oxygen atoms in total. The third-order valence-electron chi connectivity index (χ3n) is 7.32. The molecule has 0 radical (unpaired) electrons. The van der Waals surface area contributed by atoms with Gasteiger partial charge >= 0.3 is 0 Å². The van der Waals surface area contributed by atoms with E-state index in [9.17, 15) is 14.4 Å². The van der Waals surface area contributed by atoms with E-state index in [1.165, 1.54) is 12.8 Å². The molecule has 5 rings (SSSR count). The molecule has 4 aliphatic heterocycles. The summed E-state index contributed by atoms with van der Waals surface area (Å²) in [6.45, 7) is 5.16. The first-order valence-corrected chi connectivity index (χ1v) is 11.9. The van der Waals surface area contributed by atoms with Gasteiger partial charge in [-0.3, -0.25) is 24.6 Å². The fourth-order valence-corrected chi connectivity index (χ4v) is 5.44. The van der Waals surface area contributed by atoms with Gasteiger partial charge in [0.2, 0.25) is 11.8 Å². The molecule has 0 spiro atoms. The maximum atomic E-state index is 13.0. The summed E-state index contributed by atoms with van der Waals surface area (Å²) in [5, 5.41) is 6.05. The lowest BCUT2D eigenvalue weighted by atomic mass is 10.00. The van der Waals surface area contributed by atoms with Gasteiger partial charge in [0.05, 0.1) is 6.10 Å². The van der Waals surface area contributed by atoms with Crippen molar-refractivity contribution in [2.75, 3.05) is 26.2 Å². The minimum absolute atomic E-state index is 0.103. The number of hydrogen-bond acceptors (Lipinski definition) is 6. The topological polar surface area (TPSA) is 91.0 Å². The Hall–Kier alpha value is -2.29. The van der Waals surface area contributed by atoms with Gasteiger partial charge < -0.3 is 15.0 Å². The molecule has 172 valence electrons. The number of amides is 3. The summed E-state index contributed by atoms with van der Waals surface area (Å²) in [6, 6.07) is 5.87. The highest BCUT2D eigenvalue weighted by molar-refractivity contribution is 6.05. The van der Waals surface area contributed by atoms with Crippen LogP contribution in [0.4, 0.5) is 0 Å². The van der Waals surface area contributed by atoms with Gasteiger partial charge in [-0.05, 0) is 62.4 Å². The third-order valence-corrected chi connectivity index (χ3v) is 7.32. The van der Waals surface area contributed by atoms with Crippen LogP contribution in [0.15, 0.2) is 18.2 Å². The molecule has 3 amide bonds. The van der Waals surface area contributed by atoms with Gasteiger partial charge in [0.1, 0.15) is 6.04 Å². The molecule has 8 heteroatoms. The molecule has 0 aromatic heterocycles. The summed E-state index contributed by atoms with van der Waals surface area (Å²) in [7, 11) is 0. The Bertz CT molecular complexity index is 890. The largest absolute Gasteiger partial charge is 0.377 e. The van der Waals surface area contributed by atoms with E-state index in [1.807, 2.05) is 12.1 Å². The number of imide groups is 1. The number of carbonyl (C=O) groups excluding carboxylic acids is 3. The van der Waals surface area contributed by atoms with Gasteiger partial charge in [-0.25, -0.2) is 0 Å². The number of benzene rings is 1. The van der Waals surface area contributed by atoms with Crippen LogP contribution in [0.2, 0.25) is 0 Å². The van der Waals surface area contributed by atoms with Crippen LogP contribution in [0.1, 0.15) is 60.0 Å². The Morgan fingerprint density at radius 2 is 1.94 bits per heavy atom. The van der Waals surface area contributed by atoms with Gasteiger partial charge in [-0.1, -0.05) is 12.1 Å². The van der Waals surface area contributed by atoms with Crippen molar-refractivity contribution < 1.29 is 19.1 Å². The molecule has 32 heavy (non-hydrogen) atoms. The lowest BCUT2D eigenvalue weighted by molar-refractivity contribution is -0.136. The van der Waals surface area contributed by atoms with Crippen LogP contribution >= 0.6 is 0 Å². The van der Waals surface area contributed by atoms with Crippen LogP contribution < -0.4 is 10.6 Å². The van der Waals surface area contributed by atoms with E-state index in [0.717, 1.165) is 56.8 Å². The van der Waals surface area contributed by atoms with E-state index < -0.39 is 6.04 Å². The van der Waals surface area contributed by atoms with Gasteiger partial charge in [-0.2, -0.15) is 0 Å². The van der Waals surface area contributed by atoms with E-state index in [4.69, 9.17) is 4.74 Å². The molecule has 2 N–H and O–H groups in total. The van der Waals surface area contributed by atoms with Crippen molar-refractivity contribution in [2.24, 2.45) is 0 Å². The SMILES string of the molecule is O=C1CCC(N2Cc3c(CN4CCC(NCC5CCCO5)CC4)cccc3C2=O)C(=O)N1. The predicted octanol–water partition coefficient (Wildman–Crippen LogP) is 1.18. The molecule has 0 bridgehead atoms. The van der Waals surface area contributed by atoms with Gasteiger partial charge in [0, 0.05) is 44.3 Å². The van der Waals surface area contributed by atoms with Crippen molar-refractivity contribution in [1.82, 2.24) is 20.4 Å². The monoisotopic (exact) mass is 440 g/mol. The lowest BCUT2D eigenvalue weighted by Gasteiger charge is -2.33. The fraction of sp³-hybridized carbons (Fsp3) is 0.625. The first kappa shape index (κ1) is 21.6. The number of hydrogen-bond donors (Lipinski definition) is 2. The highest BCUT2D eigenvalue weighted by atomic mass is 16.5. The van der Waals surface area contributed by atoms with Crippen molar-refractivity contribution >= 4 is 17.7 Å². The number of piperidine rings is 2. The summed E-state index contributed by atoms with van der Waals surface area (Å²) >= 11 is 0. The van der Waals surface area contributed by atoms with E-state index in [0.29, 0.717) is 30.7 Å². The minimum atomic E-state index is -0.564. The number of carbonyl (C=O) groups is 3. The second-order valence-electron chi connectivity index (χ2n) is 9.44. The summed E-state index contributed by atoms with van der Waals surface area (Å²) < 4.78 is 5.71. The average Bonchev–Trinajstić information content (AvgIpc) is 3.42. The molecule has 2 atom stereocenters.